The van der Waals surface area contributed by atoms with E-state index < -0.39 is 11.8 Å². The van der Waals surface area contributed by atoms with Gasteiger partial charge in [0.2, 0.25) is 5.91 Å². The minimum atomic E-state index is -0.859. The number of hydrogen-bond donors (Lipinski definition) is 1. The molecule has 1 atom stereocenters. The van der Waals surface area contributed by atoms with Crippen LogP contribution in [0.3, 0.4) is 0 Å². The smallest absolute Gasteiger partial charge is 0.328 e. The first-order chi connectivity index (χ1) is 13.2. The fourth-order valence-corrected chi connectivity index (χ4v) is 3.45. The van der Waals surface area contributed by atoms with E-state index in [-0.39, 0.29) is 39.2 Å². The van der Waals surface area contributed by atoms with Crippen LogP contribution in [-0.2, 0) is 23.8 Å². The van der Waals surface area contributed by atoms with Gasteiger partial charge in [-0.3, -0.25) is 4.79 Å². The lowest BCUT2D eigenvalue weighted by atomic mass is 10.0. The molecule has 168 valence electrons. The third-order valence-electron chi connectivity index (χ3n) is 4.89. The predicted octanol–water partition coefficient (Wildman–Crippen LogP) is 3.73. The number of nitrogens with zero attached hydrogens (tertiary/aromatic N) is 3. The number of carbonyl (C=O) groups excluding carboxylic acids is 2. The Morgan fingerprint density at radius 2 is 1.72 bits per heavy atom. The maximum absolute atomic E-state index is 12.3. The highest BCUT2D eigenvalue weighted by molar-refractivity contribution is 7.59. The van der Waals surface area contributed by atoms with E-state index in [0.717, 1.165) is 44.9 Å². The summed E-state index contributed by atoms with van der Waals surface area (Å²) in [4.78, 5) is 26.5. The Morgan fingerprint density at radius 1 is 1.10 bits per heavy atom. The lowest BCUT2D eigenvalue weighted by Crippen LogP contribution is -2.43. The molecule has 0 bridgehead atoms. The van der Waals surface area contributed by atoms with E-state index in [4.69, 9.17) is 19.7 Å². The van der Waals surface area contributed by atoms with Gasteiger partial charge in [-0.2, -0.15) is 13.5 Å². The Labute approximate surface area is 180 Å². The zero-order valence-corrected chi connectivity index (χ0v) is 17.4. The number of esters is 1. The molecule has 2 fully saturated rings. The number of azide groups is 1. The Hall–Kier alpha value is -1.48. The van der Waals surface area contributed by atoms with Crippen molar-refractivity contribution in [1.29, 1.82) is 0 Å². The third kappa shape index (κ3) is 10.2. The summed E-state index contributed by atoms with van der Waals surface area (Å²) in [6.07, 6.45) is 8.72. The number of amides is 1. The quantitative estimate of drug-likeness (QED) is 0.156. The van der Waals surface area contributed by atoms with Crippen LogP contribution in [-0.4, -0.2) is 50.1 Å². The first-order valence-electron chi connectivity index (χ1n) is 9.90. The molecule has 0 aromatic heterocycles. The number of hydrogen-bond acceptors (Lipinski definition) is 6. The van der Waals surface area contributed by atoms with E-state index in [1.165, 1.54) is 0 Å². The molecule has 29 heavy (non-hydrogen) atoms. The molecule has 2 aliphatic rings. The highest BCUT2D eigenvalue weighted by Crippen LogP contribution is 2.30. The summed E-state index contributed by atoms with van der Waals surface area (Å²) < 4.78 is 16.4. The monoisotopic (exact) mass is 432 g/mol. The van der Waals surface area contributed by atoms with Gasteiger partial charge in [0.05, 0.1) is 26.2 Å². The Kier molecular flexibility index (Phi) is 14.6. The van der Waals surface area contributed by atoms with E-state index in [1.54, 1.807) is 0 Å². The van der Waals surface area contributed by atoms with Crippen LogP contribution in [0, 0.1) is 0 Å². The van der Waals surface area contributed by atoms with E-state index in [9.17, 15) is 9.59 Å². The second-order valence-electron chi connectivity index (χ2n) is 7.04. The Bertz CT molecular complexity index is 537. The maximum atomic E-state index is 12.3. The topological polar surface area (TPSA) is 123 Å². The largest absolute Gasteiger partial charge is 0.464 e. The molecule has 0 radical (unpaired) electrons. The van der Waals surface area contributed by atoms with Crippen LogP contribution in [0.5, 0.6) is 0 Å². The van der Waals surface area contributed by atoms with Crippen molar-refractivity contribution < 1.29 is 23.8 Å². The summed E-state index contributed by atoms with van der Waals surface area (Å²) in [7, 11) is 0. The molecule has 1 amide bonds. The van der Waals surface area contributed by atoms with Crippen LogP contribution in [0.15, 0.2) is 5.11 Å². The van der Waals surface area contributed by atoms with Gasteiger partial charge in [-0.05, 0) is 18.4 Å². The van der Waals surface area contributed by atoms with Gasteiger partial charge in [-0.1, -0.05) is 44.6 Å². The number of unbranched alkanes of at least 4 members (excludes halogenated alkanes) is 6. The van der Waals surface area contributed by atoms with E-state index in [0.29, 0.717) is 39.2 Å². The number of rotatable bonds is 13. The van der Waals surface area contributed by atoms with Gasteiger partial charge >= 0.3 is 5.97 Å². The summed E-state index contributed by atoms with van der Waals surface area (Å²) in [6, 6.07) is -0.546. The summed E-state index contributed by atoms with van der Waals surface area (Å²) in [6.45, 7) is 1.91. The Balaban J connectivity index is 0.00000392. The molecule has 2 aliphatic heterocycles. The molecule has 0 unspecified atom stereocenters. The highest BCUT2D eigenvalue weighted by Gasteiger charge is 2.39. The van der Waals surface area contributed by atoms with Crippen LogP contribution >= 0.6 is 13.5 Å². The molecule has 0 aliphatic carbocycles. The Morgan fingerprint density at radius 3 is 2.31 bits per heavy atom. The predicted molar refractivity (Wildman–Crippen MR) is 115 cm³/mol. The zero-order chi connectivity index (χ0) is 19.4. The molecular formula is C19H36N4O5S. The van der Waals surface area contributed by atoms with Crippen molar-refractivity contribution in [2.24, 2.45) is 5.11 Å². The van der Waals surface area contributed by atoms with Crippen molar-refractivity contribution in [2.45, 2.75) is 83.5 Å². The normalized spacial score (nSPS) is 19.4. The molecule has 2 rings (SSSR count). The molecule has 1 N–H and O–H groups in total. The minimum Gasteiger partial charge on any atom is -0.464 e. The second-order valence-corrected chi connectivity index (χ2v) is 7.04. The van der Waals surface area contributed by atoms with Gasteiger partial charge in [0.15, 0.2) is 5.79 Å². The van der Waals surface area contributed by atoms with Gasteiger partial charge in [-0.15, -0.1) is 0 Å². The van der Waals surface area contributed by atoms with Gasteiger partial charge in [0.1, 0.15) is 6.04 Å². The van der Waals surface area contributed by atoms with Gasteiger partial charge in [0, 0.05) is 24.3 Å². The highest BCUT2D eigenvalue weighted by atomic mass is 32.1. The van der Waals surface area contributed by atoms with E-state index in [2.05, 4.69) is 15.3 Å². The average molecular weight is 433 g/mol. The first kappa shape index (κ1) is 27.5. The van der Waals surface area contributed by atoms with Crippen LogP contribution < -0.4 is 5.32 Å². The van der Waals surface area contributed by atoms with Crippen LogP contribution in [0.1, 0.15) is 71.6 Å². The number of nitrogens with one attached hydrogen (secondary N) is 1. The van der Waals surface area contributed by atoms with Crippen molar-refractivity contribution >= 4 is 25.4 Å². The lowest BCUT2D eigenvalue weighted by molar-refractivity contribution is -0.175. The van der Waals surface area contributed by atoms with Gasteiger partial charge in [-0.25, -0.2) is 4.79 Å². The zero-order valence-electron chi connectivity index (χ0n) is 16.4. The molecule has 0 spiro atoms. The molecule has 0 saturated carbocycles. The lowest BCUT2D eigenvalue weighted by Gasteiger charge is -2.27. The molecule has 10 heteroatoms. The van der Waals surface area contributed by atoms with Crippen LogP contribution in [0.2, 0.25) is 0 Å². The molecule has 0 aromatic carbocycles. The van der Waals surface area contributed by atoms with Crippen LogP contribution in [0.4, 0.5) is 0 Å². The summed E-state index contributed by atoms with van der Waals surface area (Å²) in [5, 5.41) is 6.24. The van der Waals surface area contributed by atoms with Crippen molar-refractivity contribution in [1.82, 2.24) is 5.32 Å². The van der Waals surface area contributed by atoms with E-state index in [1.807, 2.05) is 0 Å². The SMILES string of the molecule is C.S.[N-]=[N+]=NCCCCCCCCCC1(CC(=O)N[C@H]2CCOC2=O)OCCO1. The van der Waals surface area contributed by atoms with Crippen molar-refractivity contribution in [3.63, 3.8) is 0 Å². The van der Waals surface area contributed by atoms with E-state index >= 15 is 0 Å². The minimum absolute atomic E-state index is 0. The van der Waals surface area contributed by atoms with Crippen molar-refractivity contribution in [3.8, 4) is 0 Å². The number of carbonyl (C=O) groups is 2. The molecule has 2 heterocycles. The number of ether oxygens (including phenoxy) is 3. The summed E-state index contributed by atoms with van der Waals surface area (Å²) in [5.41, 5.74) is 8.21. The maximum Gasteiger partial charge on any atom is 0.328 e. The van der Waals surface area contributed by atoms with Crippen LogP contribution in [0.25, 0.3) is 10.4 Å². The average Bonchev–Trinajstić information content (AvgIpc) is 3.26. The number of cyclic esters (lactones) is 1. The molecule has 9 nitrogen and oxygen atoms in total. The first-order valence-corrected chi connectivity index (χ1v) is 9.90. The summed E-state index contributed by atoms with van der Waals surface area (Å²) >= 11 is 0. The third-order valence-corrected chi connectivity index (χ3v) is 4.89. The van der Waals surface area contributed by atoms with Gasteiger partial charge < -0.3 is 19.5 Å². The summed E-state index contributed by atoms with van der Waals surface area (Å²) in [5.74, 6) is -1.46. The fraction of sp³-hybridized carbons (Fsp3) is 0.895. The molecule has 2 saturated heterocycles. The van der Waals surface area contributed by atoms with Crippen molar-refractivity contribution in [3.05, 3.63) is 10.4 Å². The standard InChI is InChI=1S/C18H30N4O5.CH4.H2S/c19-22-20-10-7-5-3-1-2-4-6-9-18(26-12-13-27-18)14-16(23)21-15-8-11-25-17(15)24;;/h15H,1-14H2,(H,21,23);1H4;1H2/t15-;;/m0../s1. The molecule has 0 aromatic rings. The van der Waals surface area contributed by atoms with Crippen molar-refractivity contribution in [2.75, 3.05) is 26.4 Å². The fourth-order valence-electron chi connectivity index (χ4n) is 3.45. The van der Waals surface area contributed by atoms with Gasteiger partial charge in [0.25, 0.3) is 0 Å². The molecular weight excluding hydrogens is 396 g/mol. The second kappa shape index (κ2) is 15.4.